The molecule has 2 aliphatic rings. The Morgan fingerprint density at radius 3 is 2.62 bits per heavy atom. The maximum Gasteiger partial charge on any atom is 0.239 e. The summed E-state index contributed by atoms with van der Waals surface area (Å²) in [6, 6.07) is 15.3. The van der Waals surface area contributed by atoms with Crippen LogP contribution in [0.4, 0.5) is 0 Å². The Bertz CT molecular complexity index is 952. The van der Waals surface area contributed by atoms with Gasteiger partial charge in [0, 0.05) is 7.05 Å². The fourth-order valence-corrected chi connectivity index (χ4v) is 4.75. The first kappa shape index (κ1) is 17.1. The van der Waals surface area contributed by atoms with E-state index in [1.54, 1.807) is 13.1 Å². The third kappa shape index (κ3) is 3.22. The van der Waals surface area contributed by atoms with Crippen LogP contribution < -0.4 is 9.47 Å². The molecule has 0 saturated heterocycles. The summed E-state index contributed by atoms with van der Waals surface area (Å²) in [7, 11) is -1.92. The van der Waals surface area contributed by atoms with Crippen LogP contribution in [0.1, 0.15) is 17.5 Å². The summed E-state index contributed by atoms with van der Waals surface area (Å²) in [6.07, 6.45) is 2.72. The standard InChI is InChI=1S/C20H21NO4S/c1-21(13-17-14-24-19-8-4-5-9-20(19)25-17)26(22,23)18-11-10-15-6-2-3-7-16(15)12-18/h2-9,12,17H,10-11,13-14H2,1H3. The molecule has 4 rings (SSSR count). The normalized spacial score (nSPS) is 19.0. The van der Waals surface area contributed by atoms with Crippen LogP contribution in [-0.4, -0.2) is 39.0 Å². The van der Waals surface area contributed by atoms with Crippen LogP contribution in [0.5, 0.6) is 11.5 Å². The third-order valence-electron chi connectivity index (χ3n) is 4.78. The van der Waals surface area contributed by atoms with E-state index in [0.717, 1.165) is 12.0 Å². The van der Waals surface area contributed by atoms with Crippen LogP contribution >= 0.6 is 0 Å². The molecule has 1 aliphatic heterocycles. The Morgan fingerprint density at radius 1 is 1.04 bits per heavy atom. The van der Waals surface area contributed by atoms with Gasteiger partial charge in [0.15, 0.2) is 11.5 Å². The van der Waals surface area contributed by atoms with Crippen molar-refractivity contribution in [1.29, 1.82) is 0 Å². The van der Waals surface area contributed by atoms with Gasteiger partial charge in [0.1, 0.15) is 12.7 Å². The lowest BCUT2D eigenvalue weighted by Crippen LogP contribution is -2.42. The van der Waals surface area contributed by atoms with Crippen molar-refractivity contribution in [3.63, 3.8) is 0 Å². The van der Waals surface area contributed by atoms with E-state index < -0.39 is 10.0 Å². The Kier molecular flexibility index (Phi) is 4.46. The Morgan fingerprint density at radius 2 is 1.77 bits per heavy atom. The number of ether oxygens (including phenoxy) is 2. The lowest BCUT2D eigenvalue weighted by atomic mass is 9.98. The number of nitrogens with zero attached hydrogens (tertiary/aromatic N) is 1. The highest BCUT2D eigenvalue weighted by Gasteiger charge is 2.30. The molecule has 0 radical (unpaired) electrons. The first-order chi connectivity index (χ1) is 12.5. The van der Waals surface area contributed by atoms with Crippen molar-refractivity contribution in [2.24, 2.45) is 0 Å². The first-order valence-corrected chi connectivity index (χ1v) is 10.1. The maximum atomic E-state index is 13.0. The largest absolute Gasteiger partial charge is 0.486 e. The highest BCUT2D eigenvalue weighted by Crippen LogP contribution is 2.32. The molecule has 0 amide bonds. The minimum Gasteiger partial charge on any atom is -0.486 e. The van der Waals surface area contributed by atoms with Crippen molar-refractivity contribution in [3.8, 4) is 11.5 Å². The van der Waals surface area contributed by atoms with E-state index in [-0.39, 0.29) is 12.6 Å². The number of allylic oxidation sites excluding steroid dienone is 1. The van der Waals surface area contributed by atoms with E-state index in [1.165, 1.54) is 9.87 Å². The Balaban J connectivity index is 1.50. The molecule has 0 saturated carbocycles. The number of hydrogen-bond acceptors (Lipinski definition) is 4. The van der Waals surface area contributed by atoms with Gasteiger partial charge >= 0.3 is 0 Å². The number of para-hydroxylation sites is 2. The van der Waals surface area contributed by atoms with E-state index in [2.05, 4.69) is 0 Å². The fourth-order valence-electron chi connectivity index (χ4n) is 3.35. The van der Waals surface area contributed by atoms with E-state index in [9.17, 15) is 8.42 Å². The molecule has 2 aromatic carbocycles. The van der Waals surface area contributed by atoms with E-state index in [0.29, 0.717) is 29.4 Å². The van der Waals surface area contributed by atoms with Gasteiger partial charge in [0.25, 0.3) is 0 Å². The number of sulfonamides is 1. The van der Waals surface area contributed by atoms with Gasteiger partial charge in [-0.15, -0.1) is 0 Å². The van der Waals surface area contributed by atoms with Crippen molar-refractivity contribution in [3.05, 3.63) is 64.6 Å². The average molecular weight is 371 g/mol. The van der Waals surface area contributed by atoms with Crippen LogP contribution in [-0.2, 0) is 16.4 Å². The zero-order valence-electron chi connectivity index (χ0n) is 14.6. The summed E-state index contributed by atoms with van der Waals surface area (Å²) in [5.74, 6) is 1.35. The Hall–Kier alpha value is -2.31. The molecule has 136 valence electrons. The van der Waals surface area contributed by atoms with Crippen molar-refractivity contribution in [2.45, 2.75) is 18.9 Å². The second-order valence-electron chi connectivity index (χ2n) is 6.59. The average Bonchev–Trinajstić information content (AvgIpc) is 2.67. The fraction of sp³-hybridized carbons (Fsp3) is 0.300. The number of rotatable bonds is 4. The number of benzene rings is 2. The van der Waals surface area contributed by atoms with Crippen molar-refractivity contribution < 1.29 is 17.9 Å². The Labute approximate surface area is 153 Å². The summed E-state index contributed by atoms with van der Waals surface area (Å²) in [4.78, 5) is 0.454. The van der Waals surface area contributed by atoms with Crippen LogP contribution in [0.3, 0.4) is 0 Å². The minimum absolute atomic E-state index is 0.246. The topological polar surface area (TPSA) is 55.8 Å². The van der Waals surface area contributed by atoms with Gasteiger partial charge in [-0.3, -0.25) is 0 Å². The lowest BCUT2D eigenvalue weighted by molar-refractivity contribution is 0.0800. The highest BCUT2D eigenvalue weighted by atomic mass is 32.2. The first-order valence-electron chi connectivity index (χ1n) is 8.67. The molecule has 0 aromatic heterocycles. The van der Waals surface area contributed by atoms with Crippen molar-refractivity contribution >= 4 is 16.1 Å². The van der Waals surface area contributed by atoms with Crippen molar-refractivity contribution in [2.75, 3.05) is 20.2 Å². The van der Waals surface area contributed by atoms with Gasteiger partial charge < -0.3 is 9.47 Å². The number of hydrogen-bond donors (Lipinski definition) is 0. The number of aryl methyl sites for hydroxylation is 1. The molecular weight excluding hydrogens is 350 g/mol. The molecule has 0 fully saturated rings. The second kappa shape index (κ2) is 6.78. The molecule has 0 spiro atoms. The molecule has 26 heavy (non-hydrogen) atoms. The summed E-state index contributed by atoms with van der Waals surface area (Å²) in [6.45, 7) is 0.578. The zero-order valence-corrected chi connectivity index (χ0v) is 15.4. The van der Waals surface area contributed by atoms with Crippen LogP contribution in [0.2, 0.25) is 0 Å². The summed E-state index contributed by atoms with van der Waals surface area (Å²) >= 11 is 0. The molecule has 5 nitrogen and oxygen atoms in total. The van der Waals surface area contributed by atoms with Gasteiger partial charge in [0.2, 0.25) is 10.0 Å². The van der Waals surface area contributed by atoms with Crippen molar-refractivity contribution in [1.82, 2.24) is 4.31 Å². The second-order valence-corrected chi connectivity index (χ2v) is 8.69. The monoisotopic (exact) mass is 371 g/mol. The lowest BCUT2D eigenvalue weighted by Gasteiger charge is -2.30. The number of likely N-dealkylation sites (N-methyl/N-ethyl adjacent to an activating group) is 1. The summed E-state index contributed by atoms with van der Waals surface area (Å²) < 4.78 is 38.9. The van der Waals surface area contributed by atoms with Crippen LogP contribution in [0.15, 0.2) is 53.4 Å². The predicted molar refractivity (Wildman–Crippen MR) is 101 cm³/mol. The van der Waals surface area contributed by atoms with Gasteiger partial charge in [0.05, 0.1) is 11.4 Å². The molecule has 0 N–H and O–H groups in total. The van der Waals surface area contributed by atoms with E-state index in [1.807, 2.05) is 48.5 Å². The molecule has 1 unspecified atom stereocenters. The van der Waals surface area contributed by atoms with Gasteiger partial charge in [-0.1, -0.05) is 36.4 Å². The van der Waals surface area contributed by atoms with Crippen LogP contribution in [0, 0.1) is 0 Å². The summed E-state index contributed by atoms with van der Waals surface area (Å²) in [5.41, 5.74) is 2.17. The molecule has 6 heteroatoms. The molecule has 1 atom stereocenters. The summed E-state index contributed by atoms with van der Waals surface area (Å²) in [5, 5.41) is 0. The van der Waals surface area contributed by atoms with Gasteiger partial charge in [-0.2, -0.15) is 4.31 Å². The van der Waals surface area contributed by atoms with Gasteiger partial charge in [-0.05, 0) is 42.2 Å². The molecule has 1 heterocycles. The van der Waals surface area contributed by atoms with Crippen LogP contribution in [0.25, 0.3) is 6.08 Å². The third-order valence-corrected chi connectivity index (χ3v) is 6.74. The molecule has 0 bridgehead atoms. The van der Waals surface area contributed by atoms with E-state index >= 15 is 0 Å². The predicted octanol–water partition coefficient (Wildman–Crippen LogP) is 3.08. The molecular formula is C20H21NO4S. The zero-order chi connectivity index (χ0) is 18.1. The maximum absolute atomic E-state index is 13.0. The highest BCUT2D eigenvalue weighted by molar-refractivity contribution is 7.93. The smallest absolute Gasteiger partial charge is 0.239 e. The minimum atomic E-state index is -3.52. The number of fused-ring (bicyclic) bond motifs is 2. The SMILES string of the molecule is CN(CC1COc2ccccc2O1)S(=O)(=O)C1=Cc2ccccc2CC1. The molecule has 2 aromatic rings. The quantitative estimate of drug-likeness (QED) is 0.829. The molecule has 1 aliphatic carbocycles. The van der Waals surface area contributed by atoms with E-state index in [4.69, 9.17) is 9.47 Å². The van der Waals surface area contributed by atoms with Gasteiger partial charge in [-0.25, -0.2) is 8.42 Å².